The summed E-state index contributed by atoms with van der Waals surface area (Å²) >= 11 is 0. The Hall–Kier alpha value is -3.11. The number of fused-ring (bicyclic) bond motifs is 1. The van der Waals surface area contributed by atoms with Crippen molar-refractivity contribution in [2.24, 2.45) is 0 Å². The van der Waals surface area contributed by atoms with Gasteiger partial charge in [0.25, 0.3) is 0 Å². The summed E-state index contributed by atoms with van der Waals surface area (Å²) in [5.74, 6) is 0.296. The summed E-state index contributed by atoms with van der Waals surface area (Å²) in [6.07, 6.45) is 0.455. The Morgan fingerprint density at radius 2 is 2.11 bits per heavy atom. The quantitative estimate of drug-likeness (QED) is 0.879. The van der Waals surface area contributed by atoms with Gasteiger partial charge in [-0.05, 0) is 41.8 Å². The van der Waals surface area contributed by atoms with E-state index in [1.54, 1.807) is 24.1 Å². The minimum atomic E-state index is -0.345. The predicted molar refractivity (Wildman–Crippen MR) is 96.4 cm³/mol. The van der Waals surface area contributed by atoms with Crippen molar-refractivity contribution < 1.29 is 18.7 Å². The van der Waals surface area contributed by atoms with Crippen LogP contribution in [0.15, 0.2) is 36.4 Å². The van der Waals surface area contributed by atoms with Gasteiger partial charge in [0, 0.05) is 25.7 Å². The van der Waals surface area contributed by atoms with Gasteiger partial charge < -0.3 is 19.7 Å². The number of nitrogens with zero attached hydrogens (tertiary/aromatic N) is 2. The van der Waals surface area contributed by atoms with Gasteiger partial charge in [0.15, 0.2) is 6.79 Å². The van der Waals surface area contributed by atoms with Gasteiger partial charge in [-0.25, -0.2) is 9.18 Å². The number of carbonyl (C=O) groups excluding carboxylic acids is 1. The lowest BCUT2D eigenvalue weighted by molar-refractivity contribution is -0.0172. The van der Waals surface area contributed by atoms with E-state index < -0.39 is 0 Å². The van der Waals surface area contributed by atoms with Gasteiger partial charge in [0.05, 0.1) is 18.2 Å². The van der Waals surface area contributed by atoms with Crippen LogP contribution in [0.3, 0.4) is 0 Å². The molecule has 0 atom stereocenters. The molecule has 140 valence electrons. The Balaban J connectivity index is 1.53. The maximum Gasteiger partial charge on any atom is 0.317 e. The molecule has 0 unspecified atom stereocenters. The standard InChI is InChI=1S/C20H20FN3O3/c1-24(11-15-4-2-14(10-22)3-5-15)20(25)23-7-6-16-8-18(21)9-17-12-26-13-27-19(16)17/h2-5,8-9H,6-7,11-13H2,1H3,(H,23,25). The zero-order valence-electron chi connectivity index (χ0n) is 15.0. The van der Waals surface area contributed by atoms with Crippen molar-refractivity contribution in [1.29, 1.82) is 5.26 Å². The molecule has 6 nitrogen and oxygen atoms in total. The number of halogens is 1. The van der Waals surface area contributed by atoms with Crippen LogP contribution in [0.25, 0.3) is 0 Å². The molecule has 1 aliphatic heterocycles. The highest BCUT2D eigenvalue weighted by molar-refractivity contribution is 5.73. The number of hydrogen-bond acceptors (Lipinski definition) is 4. The van der Waals surface area contributed by atoms with Gasteiger partial charge in [-0.15, -0.1) is 0 Å². The number of ether oxygens (including phenoxy) is 2. The van der Waals surface area contributed by atoms with E-state index in [1.165, 1.54) is 12.1 Å². The minimum Gasteiger partial charge on any atom is -0.467 e. The zero-order chi connectivity index (χ0) is 19.2. The van der Waals surface area contributed by atoms with E-state index in [2.05, 4.69) is 11.4 Å². The molecule has 0 fully saturated rings. The second kappa shape index (κ2) is 8.52. The van der Waals surface area contributed by atoms with Crippen LogP contribution in [0.5, 0.6) is 5.75 Å². The van der Waals surface area contributed by atoms with Gasteiger partial charge in [0.1, 0.15) is 11.6 Å². The summed E-state index contributed by atoms with van der Waals surface area (Å²) in [7, 11) is 1.69. The maximum absolute atomic E-state index is 13.7. The third-order valence-corrected chi connectivity index (χ3v) is 4.27. The lowest BCUT2D eigenvalue weighted by Crippen LogP contribution is -2.37. The van der Waals surface area contributed by atoms with Crippen LogP contribution in [0.2, 0.25) is 0 Å². The molecule has 0 radical (unpaired) electrons. The van der Waals surface area contributed by atoms with Crippen LogP contribution in [0.4, 0.5) is 9.18 Å². The number of urea groups is 1. The molecule has 0 saturated heterocycles. The summed E-state index contributed by atoms with van der Waals surface area (Å²) in [5.41, 5.74) is 2.90. The summed E-state index contributed by atoms with van der Waals surface area (Å²) in [5, 5.41) is 11.6. The molecule has 0 aliphatic carbocycles. The van der Waals surface area contributed by atoms with E-state index in [0.29, 0.717) is 48.6 Å². The molecule has 7 heteroatoms. The molecule has 1 heterocycles. The first-order valence-electron chi connectivity index (χ1n) is 8.56. The van der Waals surface area contributed by atoms with Crippen molar-refractivity contribution in [1.82, 2.24) is 10.2 Å². The van der Waals surface area contributed by atoms with Crippen LogP contribution in [-0.4, -0.2) is 31.3 Å². The number of nitrogens with one attached hydrogen (secondary N) is 1. The third-order valence-electron chi connectivity index (χ3n) is 4.27. The van der Waals surface area contributed by atoms with E-state index >= 15 is 0 Å². The van der Waals surface area contributed by atoms with E-state index in [-0.39, 0.29) is 18.6 Å². The molecular weight excluding hydrogens is 349 g/mol. The summed E-state index contributed by atoms with van der Waals surface area (Å²) in [6, 6.07) is 11.7. The second-order valence-corrected chi connectivity index (χ2v) is 6.31. The molecule has 2 aromatic rings. The Kier molecular flexibility index (Phi) is 5.89. The van der Waals surface area contributed by atoms with Crippen LogP contribution in [-0.2, 0) is 24.3 Å². The molecule has 0 saturated carbocycles. The highest BCUT2D eigenvalue weighted by Gasteiger charge is 2.17. The number of nitriles is 1. The van der Waals surface area contributed by atoms with Gasteiger partial charge >= 0.3 is 6.03 Å². The summed E-state index contributed by atoms with van der Waals surface area (Å²) in [4.78, 5) is 13.8. The molecule has 0 spiro atoms. The monoisotopic (exact) mass is 369 g/mol. The van der Waals surface area contributed by atoms with Crippen molar-refractivity contribution in [3.63, 3.8) is 0 Å². The van der Waals surface area contributed by atoms with Crippen LogP contribution in [0, 0.1) is 17.1 Å². The SMILES string of the molecule is CN(Cc1ccc(C#N)cc1)C(=O)NCCc1cc(F)cc2c1OCOC2. The third kappa shape index (κ3) is 4.74. The van der Waals surface area contributed by atoms with Crippen molar-refractivity contribution in [2.75, 3.05) is 20.4 Å². The normalized spacial score (nSPS) is 12.5. The molecule has 0 bridgehead atoms. The summed E-state index contributed by atoms with van der Waals surface area (Å²) < 4.78 is 24.4. The number of amides is 2. The second-order valence-electron chi connectivity index (χ2n) is 6.31. The number of carbonyl (C=O) groups is 1. The Bertz CT molecular complexity index is 862. The highest BCUT2D eigenvalue weighted by atomic mass is 19.1. The van der Waals surface area contributed by atoms with Crippen molar-refractivity contribution in [2.45, 2.75) is 19.6 Å². The van der Waals surface area contributed by atoms with Crippen molar-refractivity contribution >= 4 is 6.03 Å². The first-order chi connectivity index (χ1) is 13.1. The minimum absolute atomic E-state index is 0.144. The van der Waals surface area contributed by atoms with E-state index in [9.17, 15) is 9.18 Å². The largest absolute Gasteiger partial charge is 0.467 e. The molecule has 1 N–H and O–H groups in total. The molecule has 2 aromatic carbocycles. The number of benzene rings is 2. The molecule has 3 rings (SSSR count). The van der Waals surface area contributed by atoms with Gasteiger partial charge in [-0.2, -0.15) is 5.26 Å². The zero-order valence-corrected chi connectivity index (χ0v) is 15.0. The van der Waals surface area contributed by atoms with Gasteiger partial charge in [0.2, 0.25) is 0 Å². The summed E-state index contributed by atoms with van der Waals surface area (Å²) in [6.45, 7) is 1.25. The smallest absolute Gasteiger partial charge is 0.317 e. The van der Waals surface area contributed by atoms with Crippen LogP contribution < -0.4 is 10.1 Å². The fourth-order valence-electron chi connectivity index (χ4n) is 2.91. The average Bonchev–Trinajstić information content (AvgIpc) is 2.68. The van der Waals surface area contributed by atoms with Crippen molar-refractivity contribution in [3.05, 3.63) is 64.5 Å². The molecule has 1 aliphatic rings. The Morgan fingerprint density at radius 1 is 1.33 bits per heavy atom. The molecule has 27 heavy (non-hydrogen) atoms. The number of rotatable bonds is 5. The fraction of sp³-hybridized carbons (Fsp3) is 0.300. The van der Waals surface area contributed by atoms with E-state index in [1.807, 2.05) is 12.1 Å². The van der Waals surface area contributed by atoms with E-state index in [4.69, 9.17) is 14.7 Å². The van der Waals surface area contributed by atoms with Crippen molar-refractivity contribution in [3.8, 4) is 11.8 Å². The van der Waals surface area contributed by atoms with Crippen LogP contribution in [0.1, 0.15) is 22.3 Å². The predicted octanol–water partition coefficient (Wildman–Crippen LogP) is 2.95. The maximum atomic E-state index is 13.7. The molecule has 0 aromatic heterocycles. The Morgan fingerprint density at radius 3 is 2.85 bits per heavy atom. The number of hydrogen-bond donors (Lipinski definition) is 1. The van der Waals surface area contributed by atoms with Crippen LogP contribution >= 0.6 is 0 Å². The van der Waals surface area contributed by atoms with E-state index in [0.717, 1.165) is 5.56 Å². The Labute approximate surface area is 157 Å². The fourth-order valence-corrected chi connectivity index (χ4v) is 2.91. The first-order valence-corrected chi connectivity index (χ1v) is 8.56. The van der Waals surface area contributed by atoms with Gasteiger partial charge in [-0.1, -0.05) is 12.1 Å². The van der Waals surface area contributed by atoms with Gasteiger partial charge in [-0.3, -0.25) is 0 Å². The highest BCUT2D eigenvalue weighted by Crippen LogP contribution is 2.29. The lowest BCUT2D eigenvalue weighted by Gasteiger charge is -2.21. The lowest BCUT2D eigenvalue weighted by atomic mass is 10.1. The molecular formula is C20H20FN3O3. The average molecular weight is 369 g/mol. The molecule has 2 amide bonds. The first kappa shape index (κ1) is 18.7. The topological polar surface area (TPSA) is 74.6 Å².